The van der Waals surface area contributed by atoms with Gasteiger partial charge in [0, 0.05) is 26.2 Å². The van der Waals surface area contributed by atoms with E-state index in [0.29, 0.717) is 25.2 Å². The zero-order valence-electron chi connectivity index (χ0n) is 14.9. The van der Waals surface area contributed by atoms with Crippen LogP contribution < -0.4 is 0 Å². The minimum atomic E-state index is -0.417. The largest absolute Gasteiger partial charge is 0.338 e. The van der Waals surface area contributed by atoms with Crippen LogP contribution in [0.25, 0.3) is 0 Å². The van der Waals surface area contributed by atoms with Crippen molar-refractivity contribution in [2.75, 3.05) is 19.6 Å². The molecule has 6 nitrogen and oxygen atoms in total. The molecule has 3 heterocycles. The van der Waals surface area contributed by atoms with Crippen molar-refractivity contribution in [3.8, 4) is 0 Å². The van der Waals surface area contributed by atoms with Crippen LogP contribution in [0.5, 0.6) is 0 Å². The molecule has 0 bridgehead atoms. The van der Waals surface area contributed by atoms with E-state index in [2.05, 4.69) is 35.3 Å². The highest BCUT2D eigenvalue weighted by atomic mass is 16.2. The number of aryl methyl sites for hydroxylation is 1. The summed E-state index contributed by atoms with van der Waals surface area (Å²) in [6.45, 7) is 4.57. The predicted molar refractivity (Wildman–Crippen MR) is 96.2 cm³/mol. The van der Waals surface area contributed by atoms with Gasteiger partial charge in [-0.1, -0.05) is 29.8 Å². The molecule has 4 rings (SSSR count). The van der Waals surface area contributed by atoms with E-state index in [4.69, 9.17) is 0 Å². The van der Waals surface area contributed by atoms with E-state index in [-0.39, 0.29) is 11.8 Å². The number of hydrogen-bond acceptors (Lipinski definition) is 4. The maximum absolute atomic E-state index is 13.1. The molecule has 2 aliphatic heterocycles. The van der Waals surface area contributed by atoms with Gasteiger partial charge in [-0.3, -0.25) is 9.59 Å². The van der Waals surface area contributed by atoms with Crippen LogP contribution >= 0.6 is 0 Å². The smallest absolute Gasteiger partial charge is 0.255 e. The maximum atomic E-state index is 13.1. The average Bonchev–Trinajstić information content (AvgIpc) is 3.22. The highest BCUT2D eigenvalue weighted by Gasteiger charge is 2.51. The van der Waals surface area contributed by atoms with Crippen molar-refractivity contribution in [2.45, 2.75) is 26.3 Å². The van der Waals surface area contributed by atoms with Crippen molar-refractivity contribution in [1.29, 1.82) is 0 Å². The van der Waals surface area contributed by atoms with Crippen LogP contribution in [0.2, 0.25) is 0 Å². The summed E-state index contributed by atoms with van der Waals surface area (Å²) in [5, 5.41) is 7.49. The van der Waals surface area contributed by atoms with Crippen LogP contribution in [-0.2, 0) is 11.3 Å². The third-order valence-electron chi connectivity index (χ3n) is 5.53. The molecule has 1 aromatic carbocycles. The third-order valence-corrected chi connectivity index (χ3v) is 5.53. The van der Waals surface area contributed by atoms with Gasteiger partial charge in [0.05, 0.1) is 23.4 Å². The highest BCUT2D eigenvalue weighted by molar-refractivity contribution is 5.95. The van der Waals surface area contributed by atoms with Crippen molar-refractivity contribution in [3.05, 3.63) is 59.4 Å². The lowest BCUT2D eigenvalue weighted by Crippen LogP contribution is -2.38. The Labute approximate surface area is 152 Å². The van der Waals surface area contributed by atoms with Gasteiger partial charge >= 0.3 is 0 Å². The number of carbonyl (C=O) groups is 2. The monoisotopic (exact) mass is 350 g/mol. The van der Waals surface area contributed by atoms with Gasteiger partial charge in [0.25, 0.3) is 5.91 Å². The average molecular weight is 350 g/mol. The third kappa shape index (κ3) is 2.96. The zero-order valence-corrected chi connectivity index (χ0v) is 14.9. The Bertz CT molecular complexity index is 839. The van der Waals surface area contributed by atoms with Gasteiger partial charge in [-0.25, -0.2) is 0 Å². The summed E-state index contributed by atoms with van der Waals surface area (Å²) in [6, 6.07) is 9.94. The van der Waals surface area contributed by atoms with E-state index in [1.54, 1.807) is 11.0 Å². The molecule has 0 saturated carbocycles. The summed E-state index contributed by atoms with van der Waals surface area (Å²) >= 11 is 0. The SMILES string of the molecule is Cc1cccc(CN2CCC3(CCN(C(=O)c4ccnnc4)C3)C2=O)c1. The summed E-state index contributed by atoms with van der Waals surface area (Å²) in [7, 11) is 0. The van der Waals surface area contributed by atoms with E-state index < -0.39 is 5.41 Å². The van der Waals surface area contributed by atoms with Gasteiger partial charge in [-0.2, -0.15) is 10.2 Å². The van der Waals surface area contributed by atoms with Gasteiger partial charge in [0.15, 0.2) is 0 Å². The first-order chi connectivity index (χ1) is 12.6. The highest BCUT2D eigenvalue weighted by Crippen LogP contribution is 2.41. The number of rotatable bonds is 3. The molecule has 2 saturated heterocycles. The van der Waals surface area contributed by atoms with Crippen LogP contribution in [0.3, 0.4) is 0 Å². The molecule has 0 radical (unpaired) electrons. The van der Waals surface area contributed by atoms with E-state index in [0.717, 1.165) is 24.9 Å². The van der Waals surface area contributed by atoms with E-state index in [9.17, 15) is 9.59 Å². The van der Waals surface area contributed by atoms with Gasteiger partial charge in [0.2, 0.25) is 5.91 Å². The molecule has 2 aromatic rings. The van der Waals surface area contributed by atoms with Gasteiger partial charge in [-0.15, -0.1) is 0 Å². The molecule has 2 amide bonds. The Morgan fingerprint density at radius 1 is 1.19 bits per heavy atom. The summed E-state index contributed by atoms with van der Waals surface area (Å²) in [4.78, 5) is 29.5. The Balaban J connectivity index is 1.45. The zero-order chi connectivity index (χ0) is 18.1. The number of carbonyl (C=O) groups excluding carboxylic acids is 2. The fourth-order valence-corrected chi connectivity index (χ4v) is 4.10. The summed E-state index contributed by atoms with van der Waals surface area (Å²) in [6.07, 6.45) is 4.55. The molecule has 0 aliphatic carbocycles. The Morgan fingerprint density at radius 2 is 2.04 bits per heavy atom. The van der Waals surface area contributed by atoms with Crippen molar-refractivity contribution in [3.63, 3.8) is 0 Å². The van der Waals surface area contributed by atoms with Crippen molar-refractivity contribution < 1.29 is 9.59 Å². The molecular formula is C20H22N4O2. The van der Waals surface area contributed by atoms with Crippen LogP contribution in [0.4, 0.5) is 0 Å². The lowest BCUT2D eigenvalue weighted by molar-refractivity contribution is -0.135. The van der Waals surface area contributed by atoms with Gasteiger partial charge in [-0.05, 0) is 31.4 Å². The summed E-state index contributed by atoms with van der Waals surface area (Å²) in [5.74, 6) is 0.115. The molecule has 1 atom stereocenters. The van der Waals surface area contributed by atoms with Crippen molar-refractivity contribution in [1.82, 2.24) is 20.0 Å². The van der Waals surface area contributed by atoms with Crippen LogP contribution in [0.1, 0.15) is 34.3 Å². The van der Waals surface area contributed by atoms with Crippen molar-refractivity contribution in [2.24, 2.45) is 5.41 Å². The second-order valence-electron chi connectivity index (χ2n) is 7.35. The Kier molecular flexibility index (Phi) is 4.18. The molecular weight excluding hydrogens is 328 g/mol. The van der Waals surface area contributed by atoms with Crippen molar-refractivity contribution >= 4 is 11.8 Å². The number of hydrogen-bond donors (Lipinski definition) is 0. The Morgan fingerprint density at radius 3 is 2.81 bits per heavy atom. The molecule has 0 N–H and O–H groups in total. The topological polar surface area (TPSA) is 66.4 Å². The lowest BCUT2D eigenvalue weighted by Gasteiger charge is -2.24. The van der Waals surface area contributed by atoms with E-state index >= 15 is 0 Å². The number of aromatic nitrogens is 2. The molecule has 6 heteroatoms. The number of amides is 2. The normalized spacial score (nSPS) is 22.4. The number of nitrogens with zero attached hydrogens (tertiary/aromatic N) is 4. The molecule has 1 unspecified atom stereocenters. The first-order valence-corrected chi connectivity index (χ1v) is 8.98. The Hall–Kier alpha value is -2.76. The maximum Gasteiger partial charge on any atom is 0.255 e. The minimum absolute atomic E-state index is 0.0679. The molecule has 2 aliphatic rings. The van der Waals surface area contributed by atoms with Gasteiger partial charge < -0.3 is 9.80 Å². The fraction of sp³-hybridized carbons (Fsp3) is 0.400. The van der Waals surface area contributed by atoms with Gasteiger partial charge in [0.1, 0.15) is 0 Å². The summed E-state index contributed by atoms with van der Waals surface area (Å²) < 4.78 is 0. The number of benzene rings is 1. The molecule has 2 fully saturated rings. The second-order valence-corrected chi connectivity index (χ2v) is 7.35. The molecule has 134 valence electrons. The molecule has 26 heavy (non-hydrogen) atoms. The van der Waals surface area contributed by atoms with E-state index in [1.165, 1.54) is 18.0 Å². The molecule has 1 spiro atoms. The van der Waals surface area contributed by atoms with Crippen LogP contribution in [0, 0.1) is 12.3 Å². The lowest BCUT2D eigenvalue weighted by atomic mass is 9.85. The second kappa shape index (κ2) is 6.52. The molecule has 1 aromatic heterocycles. The fourth-order valence-electron chi connectivity index (χ4n) is 4.10. The summed E-state index contributed by atoms with van der Waals surface area (Å²) in [5.41, 5.74) is 2.47. The minimum Gasteiger partial charge on any atom is -0.338 e. The predicted octanol–water partition coefficient (Wildman–Crippen LogP) is 2.05. The standard InChI is InChI=1S/C20H22N4O2/c1-15-3-2-4-16(11-15)13-23-9-6-20(19(23)26)7-10-24(14-20)18(25)17-5-8-21-22-12-17/h2-5,8,11-12H,6-7,9-10,13-14H2,1H3. The quantitative estimate of drug-likeness (QED) is 0.850. The van der Waals surface area contributed by atoms with Crippen LogP contribution in [0.15, 0.2) is 42.7 Å². The van der Waals surface area contributed by atoms with Crippen LogP contribution in [-0.4, -0.2) is 51.4 Å². The van der Waals surface area contributed by atoms with E-state index in [1.807, 2.05) is 11.0 Å². The number of likely N-dealkylation sites (tertiary alicyclic amines) is 2. The first-order valence-electron chi connectivity index (χ1n) is 8.98. The first kappa shape index (κ1) is 16.7.